The Labute approximate surface area is 128 Å². The highest BCUT2D eigenvalue weighted by Crippen LogP contribution is 2.30. The zero-order chi connectivity index (χ0) is 14.7. The molecule has 0 spiro atoms. The van der Waals surface area contributed by atoms with E-state index in [1.165, 1.54) is 0 Å². The van der Waals surface area contributed by atoms with Crippen LogP contribution in [0.5, 0.6) is 11.5 Å². The van der Waals surface area contributed by atoms with Gasteiger partial charge in [0, 0.05) is 23.4 Å². The van der Waals surface area contributed by atoms with Gasteiger partial charge in [0.05, 0.1) is 13.2 Å². The van der Waals surface area contributed by atoms with E-state index in [0.717, 1.165) is 12.0 Å². The maximum atomic E-state index is 12.3. The molecule has 21 heavy (non-hydrogen) atoms. The fourth-order valence-corrected chi connectivity index (χ4v) is 2.35. The van der Waals surface area contributed by atoms with Crippen LogP contribution in [0.4, 0.5) is 0 Å². The minimum Gasteiger partial charge on any atom is -0.490 e. The lowest BCUT2D eigenvalue weighted by Gasteiger charge is -2.09. The molecule has 1 aliphatic rings. The molecule has 0 atom stereocenters. The number of Topliss-reactive ketones (excluding diaryl/α,β-unsaturated/α-hetero) is 1. The molecule has 0 amide bonds. The fraction of sp³-hybridized carbons (Fsp3) is 0.235. The number of carbonyl (C=O) groups is 1. The molecule has 0 saturated heterocycles. The van der Waals surface area contributed by atoms with Crippen LogP contribution in [-0.4, -0.2) is 19.0 Å². The lowest BCUT2D eigenvalue weighted by Crippen LogP contribution is -2.04. The first kappa shape index (κ1) is 14.0. The molecule has 0 N–H and O–H groups in total. The minimum atomic E-state index is 0.0490. The van der Waals surface area contributed by atoms with Crippen molar-refractivity contribution < 1.29 is 14.3 Å². The van der Waals surface area contributed by atoms with Crippen LogP contribution in [0, 0.1) is 0 Å². The van der Waals surface area contributed by atoms with E-state index in [4.69, 9.17) is 21.1 Å². The molecule has 4 heteroatoms. The predicted octanol–water partition coefficient (Wildman–Crippen LogP) is 3.93. The average Bonchev–Trinajstić information content (AvgIpc) is 2.74. The van der Waals surface area contributed by atoms with Gasteiger partial charge in [-0.1, -0.05) is 23.7 Å². The van der Waals surface area contributed by atoms with E-state index in [9.17, 15) is 4.79 Å². The Morgan fingerprint density at radius 2 is 1.71 bits per heavy atom. The van der Waals surface area contributed by atoms with E-state index < -0.39 is 0 Å². The Kier molecular flexibility index (Phi) is 4.11. The molecule has 0 bridgehead atoms. The van der Waals surface area contributed by atoms with Gasteiger partial charge >= 0.3 is 0 Å². The maximum absolute atomic E-state index is 12.3. The van der Waals surface area contributed by atoms with Gasteiger partial charge in [0.25, 0.3) is 0 Å². The summed E-state index contributed by atoms with van der Waals surface area (Å²) in [4.78, 5) is 12.3. The van der Waals surface area contributed by atoms with Crippen molar-refractivity contribution in [1.82, 2.24) is 0 Å². The molecule has 1 aliphatic heterocycles. The molecule has 108 valence electrons. The van der Waals surface area contributed by atoms with Gasteiger partial charge < -0.3 is 9.47 Å². The summed E-state index contributed by atoms with van der Waals surface area (Å²) in [7, 11) is 0. The highest BCUT2D eigenvalue weighted by molar-refractivity contribution is 6.30. The van der Waals surface area contributed by atoms with Crippen LogP contribution in [0.3, 0.4) is 0 Å². The van der Waals surface area contributed by atoms with Crippen molar-refractivity contribution in [2.24, 2.45) is 0 Å². The van der Waals surface area contributed by atoms with E-state index in [1.807, 2.05) is 12.1 Å². The largest absolute Gasteiger partial charge is 0.490 e. The summed E-state index contributed by atoms with van der Waals surface area (Å²) in [6, 6.07) is 12.7. The number of halogens is 1. The summed E-state index contributed by atoms with van der Waals surface area (Å²) < 4.78 is 11.2. The van der Waals surface area contributed by atoms with Crippen molar-refractivity contribution in [3.8, 4) is 11.5 Å². The van der Waals surface area contributed by atoms with Crippen LogP contribution >= 0.6 is 11.6 Å². The molecule has 0 aromatic heterocycles. The van der Waals surface area contributed by atoms with Crippen LogP contribution in [0.1, 0.15) is 22.3 Å². The quantitative estimate of drug-likeness (QED) is 0.806. The van der Waals surface area contributed by atoms with Gasteiger partial charge in [-0.15, -0.1) is 0 Å². The summed E-state index contributed by atoms with van der Waals surface area (Å²) in [5, 5.41) is 0.668. The Bertz CT molecular complexity index is 650. The number of ketones is 1. The summed E-state index contributed by atoms with van der Waals surface area (Å²) in [6.45, 7) is 1.26. The Morgan fingerprint density at radius 1 is 1.00 bits per heavy atom. The van der Waals surface area contributed by atoms with Crippen LogP contribution in [0.15, 0.2) is 42.5 Å². The predicted molar refractivity (Wildman–Crippen MR) is 81.5 cm³/mol. The normalized spacial score (nSPS) is 13.6. The number of benzene rings is 2. The number of rotatable bonds is 3. The summed E-state index contributed by atoms with van der Waals surface area (Å²) >= 11 is 5.84. The lowest BCUT2D eigenvalue weighted by atomic mass is 10.0. The number of hydrogen-bond donors (Lipinski definition) is 0. The molecule has 0 aliphatic carbocycles. The highest BCUT2D eigenvalue weighted by atomic mass is 35.5. The van der Waals surface area contributed by atoms with Crippen LogP contribution < -0.4 is 9.47 Å². The Morgan fingerprint density at radius 3 is 2.48 bits per heavy atom. The molecule has 2 aromatic rings. The second-order valence-electron chi connectivity index (χ2n) is 4.94. The fourth-order valence-electron chi connectivity index (χ4n) is 2.23. The van der Waals surface area contributed by atoms with Crippen LogP contribution in [0.2, 0.25) is 5.02 Å². The van der Waals surface area contributed by atoms with Crippen LogP contribution in [-0.2, 0) is 6.42 Å². The average molecular weight is 303 g/mol. The van der Waals surface area contributed by atoms with E-state index in [1.54, 1.807) is 30.3 Å². The van der Waals surface area contributed by atoms with Gasteiger partial charge in [0.2, 0.25) is 0 Å². The molecular formula is C17H15ClO3. The highest BCUT2D eigenvalue weighted by Gasteiger charge is 2.14. The maximum Gasteiger partial charge on any atom is 0.167 e. The van der Waals surface area contributed by atoms with Gasteiger partial charge in [-0.05, 0) is 35.9 Å². The second kappa shape index (κ2) is 6.19. The van der Waals surface area contributed by atoms with Gasteiger partial charge in [0.1, 0.15) is 0 Å². The molecule has 1 heterocycles. The summed E-state index contributed by atoms with van der Waals surface area (Å²) in [5.41, 5.74) is 1.57. The van der Waals surface area contributed by atoms with Gasteiger partial charge in [-0.3, -0.25) is 4.79 Å². The molecule has 2 aromatic carbocycles. The van der Waals surface area contributed by atoms with Gasteiger partial charge in [-0.2, -0.15) is 0 Å². The molecule has 0 unspecified atom stereocenters. The van der Waals surface area contributed by atoms with Crippen molar-refractivity contribution in [3.63, 3.8) is 0 Å². The van der Waals surface area contributed by atoms with Crippen molar-refractivity contribution in [2.75, 3.05) is 13.2 Å². The summed E-state index contributed by atoms with van der Waals surface area (Å²) in [6.07, 6.45) is 1.19. The SMILES string of the molecule is O=C(Cc1ccc(Cl)cc1)c1ccc2c(c1)OCCCO2. The smallest absolute Gasteiger partial charge is 0.167 e. The van der Waals surface area contributed by atoms with E-state index in [-0.39, 0.29) is 5.78 Å². The van der Waals surface area contributed by atoms with E-state index >= 15 is 0 Å². The zero-order valence-corrected chi connectivity index (χ0v) is 12.2. The zero-order valence-electron chi connectivity index (χ0n) is 11.5. The first-order valence-corrected chi connectivity index (χ1v) is 7.27. The monoisotopic (exact) mass is 302 g/mol. The van der Waals surface area contributed by atoms with Crippen molar-refractivity contribution in [3.05, 3.63) is 58.6 Å². The standard InChI is InChI=1S/C17H15ClO3/c18-14-5-2-12(3-6-14)10-15(19)13-4-7-16-17(11-13)21-9-1-8-20-16/h2-7,11H,1,8-10H2. The molecule has 0 saturated carbocycles. The Hall–Kier alpha value is -2.00. The number of ether oxygens (including phenoxy) is 2. The second-order valence-corrected chi connectivity index (χ2v) is 5.37. The third kappa shape index (κ3) is 3.37. The third-order valence-corrected chi connectivity index (χ3v) is 3.60. The molecule has 0 fully saturated rings. The van der Waals surface area contributed by atoms with Gasteiger partial charge in [-0.25, -0.2) is 0 Å². The van der Waals surface area contributed by atoms with Gasteiger partial charge in [0.15, 0.2) is 17.3 Å². The van der Waals surface area contributed by atoms with Crippen molar-refractivity contribution >= 4 is 17.4 Å². The Balaban J connectivity index is 1.78. The first-order chi connectivity index (χ1) is 10.2. The van der Waals surface area contributed by atoms with Crippen molar-refractivity contribution in [1.29, 1.82) is 0 Å². The molecule has 3 rings (SSSR count). The molecular weight excluding hydrogens is 288 g/mol. The first-order valence-electron chi connectivity index (χ1n) is 6.90. The number of fused-ring (bicyclic) bond motifs is 1. The molecule has 0 radical (unpaired) electrons. The molecule has 3 nitrogen and oxygen atoms in total. The third-order valence-electron chi connectivity index (χ3n) is 3.35. The minimum absolute atomic E-state index is 0.0490. The number of hydrogen-bond acceptors (Lipinski definition) is 3. The topological polar surface area (TPSA) is 35.5 Å². The lowest BCUT2D eigenvalue weighted by molar-refractivity contribution is 0.0992. The number of carbonyl (C=O) groups excluding carboxylic acids is 1. The van der Waals surface area contributed by atoms with Crippen molar-refractivity contribution in [2.45, 2.75) is 12.8 Å². The van der Waals surface area contributed by atoms with Crippen LogP contribution in [0.25, 0.3) is 0 Å². The van der Waals surface area contributed by atoms with E-state index in [0.29, 0.717) is 41.7 Å². The van der Waals surface area contributed by atoms with E-state index in [2.05, 4.69) is 0 Å². The summed E-state index contributed by atoms with van der Waals surface area (Å²) in [5.74, 6) is 1.40.